The predicted molar refractivity (Wildman–Crippen MR) is 110 cm³/mol. The molecule has 1 aromatic heterocycles. The summed E-state index contributed by atoms with van der Waals surface area (Å²) < 4.78 is 10.7. The number of ketones is 1. The molecule has 0 saturated heterocycles. The van der Waals surface area contributed by atoms with Gasteiger partial charge in [0.25, 0.3) is 0 Å². The Kier molecular flexibility index (Phi) is 6.12. The van der Waals surface area contributed by atoms with Crippen molar-refractivity contribution in [2.24, 2.45) is 5.92 Å². The average molecular weight is 393 g/mol. The number of nitrogens with one attached hydrogen (secondary N) is 1. The molecule has 1 heterocycles. The topological polar surface area (TPSA) is 85.6 Å². The van der Waals surface area contributed by atoms with Crippen molar-refractivity contribution in [2.45, 2.75) is 27.2 Å². The Labute approximate surface area is 168 Å². The number of ether oxygens (including phenoxy) is 1. The second kappa shape index (κ2) is 8.73. The average Bonchev–Trinajstić information content (AvgIpc) is 3.03. The lowest BCUT2D eigenvalue weighted by Gasteiger charge is -2.08. The van der Waals surface area contributed by atoms with E-state index in [9.17, 15) is 14.4 Å². The zero-order valence-corrected chi connectivity index (χ0v) is 16.7. The second-order valence-corrected chi connectivity index (χ2v) is 7.28. The molecule has 6 nitrogen and oxygen atoms in total. The van der Waals surface area contributed by atoms with Gasteiger partial charge in [0, 0.05) is 28.6 Å². The van der Waals surface area contributed by atoms with E-state index in [1.54, 1.807) is 37.3 Å². The molecule has 1 amide bonds. The van der Waals surface area contributed by atoms with Crippen LogP contribution in [0, 0.1) is 12.8 Å². The van der Waals surface area contributed by atoms with Gasteiger partial charge in [0.05, 0.1) is 0 Å². The minimum atomic E-state index is -0.676. The number of benzene rings is 2. The Bertz CT molecular complexity index is 1050. The molecule has 0 aliphatic heterocycles. The third-order valence-electron chi connectivity index (χ3n) is 4.45. The Morgan fingerprint density at radius 2 is 1.72 bits per heavy atom. The SMILES string of the molecule is Cc1c(C(=O)OCC(=O)c2ccc(NC(=O)CC(C)C)cc2)oc2ccccc12. The van der Waals surface area contributed by atoms with Gasteiger partial charge in [0.15, 0.2) is 12.4 Å². The van der Waals surface area contributed by atoms with Crippen molar-refractivity contribution in [1.29, 1.82) is 0 Å². The molecular formula is C23H23NO5. The molecule has 150 valence electrons. The molecule has 0 aliphatic carbocycles. The van der Waals surface area contributed by atoms with Gasteiger partial charge in [-0.3, -0.25) is 9.59 Å². The molecule has 0 bridgehead atoms. The Hall–Kier alpha value is -3.41. The molecule has 0 fully saturated rings. The summed E-state index contributed by atoms with van der Waals surface area (Å²) in [5, 5.41) is 3.62. The molecule has 0 atom stereocenters. The normalized spacial score (nSPS) is 10.9. The highest BCUT2D eigenvalue weighted by molar-refractivity contribution is 6.01. The first-order valence-corrected chi connectivity index (χ1v) is 9.43. The van der Waals surface area contributed by atoms with Gasteiger partial charge in [-0.15, -0.1) is 0 Å². The number of fused-ring (bicyclic) bond motifs is 1. The number of aryl methyl sites for hydroxylation is 1. The van der Waals surface area contributed by atoms with Crippen molar-refractivity contribution < 1.29 is 23.5 Å². The van der Waals surface area contributed by atoms with Crippen LogP contribution in [-0.2, 0) is 9.53 Å². The van der Waals surface area contributed by atoms with Gasteiger partial charge in [-0.25, -0.2) is 4.79 Å². The first kappa shape index (κ1) is 20.3. The highest BCUT2D eigenvalue weighted by atomic mass is 16.5. The summed E-state index contributed by atoms with van der Waals surface area (Å²) in [7, 11) is 0. The van der Waals surface area contributed by atoms with Crippen LogP contribution >= 0.6 is 0 Å². The molecule has 0 aliphatic rings. The third kappa shape index (κ3) is 4.90. The van der Waals surface area contributed by atoms with Gasteiger partial charge in [-0.1, -0.05) is 32.0 Å². The molecule has 0 spiro atoms. The number of hydrogen-bond donors (Lipinski definition) is 1. The lowest BCUT2D eigenvalue weighted by atomic mass is 10.1. The summed E-state index contributed by atoms with van der Waals surface area (Å²) in [6.45, 7) is 5.32. The number of anilines is 1. The maximum atomic E-state index is 12.3. The van der Waals surface area contributed by atoms with E-state index >= 15 is 0 Å². The van der Waals surface area contributed by atoms with Crippen LogP contribution in [0.5, 0.6) is 0 Å². The molecule has 0 unspecified atom stereocenters. The monoisotopic (exact) mass is 393 g/mol. The van der Waals surface area contributed by atoms with Crippen LogP contribution in [-0.4, -0.2) is 24.3 Å². The van der Waals surface area contributed by atoms with E-state index in [0.29, 0.717) is 28.8 Å². The van der Waals surface area contributed by atoms with Gasteiger partial charge >= 0.3 is 5.97 Å². The van der Waals surface area contributed by atoms with Gasteiger partial charge in [0.1, 0.15) is 5.58 Å². The maximum absolute atomic E-state index is 12.3. The summed E-state index contributed by atoms with van der Waals surface area (Å²) >= 11 is 0. The standard InChI is InChI=1S/C23H23NO5/c1-14(2)12-21(26)24-17-10-8-16(9-11-17)19(25)13-28-23(27)22-15(3)18-6-4-5-7-20(18)29-22/h4-11,14H,12-13H2,1-3H3,(H,24,26). The fourth-order valence-electron chi connectivity index (χ4n) is 2.97. The van der Waals surface area contributed by atoms with Crippen LogP contribution in [0.4, 0.5) is 5.69 Å². The summed E-state index contributed by atoms with van der Waals surface area (Å²) in [6, 6.07) is 13.8. The number of carbonyl (C=O) groups excluding carboxylic acids is 3. The molecule has 1 N–H and O–H groups in total. The van der Waals surface area contributed by atoms with E-state index in [0.717, 1.165) is 5.39 Å². The van der Waals surface area contributed by atoms with E-state index in [1.807, 2.05) is 32.0 Å². The van der Waals surface area contributed by atoms with Crippen molar-refractivity contribution in [3.63, 3.8) is 0 Å². The van der Waals surface area contributed by atoms with Gasteiger partial charge in [0.2, 0.25) is 11.7 Å². The number of amides is 1. The van der Waals surface area contributed by atoms with Gasteiger partial charge in [-0.2, -0.15) is 0 Å². The number of rotatable bonds is 7. The van der Waals surface area contributed by atoms with Crippen LogP contribution in [0.15, 0.2) is 52.9 Å². The summed E-state index contributed by atoms with van der Waals surface area (Å²) in [4.78, 5) is 36.4. The molecule has 2 aromatic carbocycles. The smallest absolute Gasteiger partial charge is 0.375 e. The van der Waals surface area contributed by atoms with Crippen LogP contribution in [0.25, 0.3) is 11.0 Å². The van der Waals surface area contributed by atoms with Crippen LogP contribution in [0.1, 0.15) is 46.7 Å². The molecule has 0 radical (unpaired) electrons. The maximum Gasteiger partial charge on any atom is 0.375 e. The Balaban J connectivity index is 1.59. The quantitative estimate of drug-likeness (QED) is 0.462. The zero-order chi connectivity index (χ0) is 21.0. The van der Waals surface area contributed by atoms with Crippen molar-refractivity contribution in [3.05, 3.63) is 65.4 Å². The first-order valence-electron chi connectivity index (χ1n) is 9.43. The number of Topliss-reactive ketones (excluding diaryl/α,β-unsaturated/α-hetero) is 1. The highest BCUT2D eigenvalue weighted by Gasteiger charge is 2.20. The molecule has 0 saturated carbocycles. The Morgan fingerprint density at radius 1 is 1.03 bits per heavy atom. The lowest BCUT2D eigenvalue weighted by molar-refractivity contribution is -0.116. The number of hydrogen-bond acceptors (Lipinski definition) is 5. The van der Waals surface area contributed by atoms with Crippen LogP contribution in [0.3, 0.4) is 0 Å². The van der Waals surface area contributed by atoms with Gasteiger partial charge in [-0.05, 0) is 43.2 Å². The molecule has 3 aromatic rings. The number of para-hydroxylation sites is 1. The van der Waals surface area contributed by atoms with Crippen molar-refractivity contribution >= 4 is 34.3 Å². The summed E-state index contributed by atoms with van der Waals surface area (Å²) in [5.74, 6) is -0.728. The fraction of sp³-hybridized carbons (Fsp3) is 0.261. The Morgan fingerprint density at radius 3 is 2.38 bits per heavy atom. The summed E-state index contributed by atoms with van der Waals surface area (Å²) in [5.41, 5.74) is 2.28. The van der Waals surface area contributed by atoms with Crippen LogP contribution in [0.2, 0.25) is 0 Å². The minimum absolute atomic E-state index is 0.0748. The highest BCUT2D eigenvalue weighted by Crippen LogP contribution is 2.25. The van der Waals surface area contributed by atoms with Gasteiger partial charge < -0.3 is 14.5 Å². The largest absolute Gasteiger partial charge is 0.451 e. The predicted octanol–water partition coefficient (Wildman–Crippen LogP) is 4.77. The number of furan rings is 1. The van der Waals surface area contributed by atoms with E-state index < -0.39 is 12.6 Å². The fourth-order valence-corrected chi connectivity index (χ4v) is 2.97. The van der Waals surface area contributed by atoms with E-state index in [-0.39, 0.29) is 23.4 Å². The third-order valence-corrected chi connectivity index (χ3v) is 4.45. The first-order chi connectivity index (χ1) is 13.8. The van der Waals surface area contributed by atoms with E-state index in [1.165, 1.54) is 0 Å². The van der Waals surface area contributed by atoms with Crippen molar-refractivity contribution in [1.82, 2.24) is 0 Å². The molecule has 29 heavy (non-hydrogen) atoms. The summed E-state index contributed by atoms with van der Waals surface area (Å²) in [6.07, 6.45) is 0.428. The second-order valence-electron chi connectivity index (χ2n) is 7.28. The van der Waals surface area contributed by atoms with E-state index in [2.05, 4.69) is 5.32 Å². The van der Waals surface area contributed by atoms with Crippen molar-refractivity contribution in [3.8, 4) is 0 Å². The zero-order valence-electron chi connectivity index (χ0n) is 16.7. The molecule has 3 rings (SSSR count). The van der Waals surface area contributed by atoms with Crippen molar-refractivity contribution in [2.75, 3.05) is 11.9 Å². The lowest BCUT2D eigenvalue weighted by Crippen LogP contribution is -2.15. The minimum Gasteiger partial charge on any atom is -0.451 e. The molecule has 6 heteroatoms. The van der Waals surface area contributed by atoms with Crippen LogP contribution < -0.4 is 5.32 Å². The number of esters is 1. The molecular weight excluding hydrogens is 370 g/mol. The number of carbonyl (C=O) groups is 3. The van der Waals surface area contributed by atoms with E-state index in [4.69, 9.17) is 9.15 Å².